The molecular formula is C23H27N5O2S2. The minimum atomic E-state index is -0.352. The molecule has 1 atom stereocenters. The lowest BCUT2D eigenvalue weighted by atomic mass is 10.2. The van der Waals surface area contributed by atoms with Gasteiger partial charge in [0, 0.05) is 18.0 Å². The van der Waals surface area contributed by atoms with E-state index in [1.54, 1.807) is 11.8 Å². The number of carbonyl (C=O) groups is 1. The van der Waals surface area contributed by atoms with Crippen molar-refractivity contribution < 1.29 is 9.53 Å². The Balaban J connectivity index is 1.60. The number of ether oxygens (including phenoxy) is 1. The second-order valence-electron chi connectivity index (χ2n) is 7.51. The number of nitrogens with zero attached hydrogens (tertiary/aromatic N) is 4. The van der Waals surface area contributed by atoms with Crippen LogP contribution < -0.4 is 10.2 Å². The molecule has 1 fully saturated rings. The lowest BCUT2D eigenvalue weighted by Gasteiger charge is -2.28. The molecule has 32 heavy (non-hydrogen) atoms. The molecule has 3 aromatic rings. The highest BCUT2D eigenvalue weighted by Gasteiger charge is 2.25. The van der Waals surface area contributed by atoms with Gasteiger partial charge < -0.3 is 15.0 Å². The molecule has 2 heterocycles. The Morgan fingerprint density at radius 1 is 1.12 bits per heavy atom. The fourth-order valence-electron chi connectivity index (χ4n) is 3.49. The number of nitrogens with one attached hydrogen (secondary N) is 1. The number of morpholine rings is 1. The molecule has 1 N–H and O–H groups in total. The maximum atomic E-state index is 13.0. The zero-order valence-electron chi connectivity index (χ0n) is 18.4. The maximum absolute atomic E-state index is 13.0. The van der Waals surface area contributed by atoms with Crippen molar-refractivity contribution in [1.82, 2.24) is 14.8 Å². The van der Waals surface area contributed by atoms with Crippen molar-refractivity contribution in [3.8, 4) is 5.69 Å². The Hall–Kier alpha value is -2.49. The van der Waals surface area contributed by atoms with Gasteiger partial charge in [-0.2, -0.15) is 0 Å². The summed E-state index contributed by atoms with van der Waals surface area (Å²) in [4.78, 5) is 16.2. The number of amides is 1. The van der Waals surface area contributed by atoms with E-state index < -0.39 is 0 Å². The summed E-state index contributed by atoms with van der Waals surface area (Å²) in [6.45, 7) is 6.81. The van der Waals surface area contributed by atoms with E-state index >= 15 is 0 Å². The Morgan fingerprint density at radius 2 is 1.91 bits per heavy atom. The molecule has 0 saturated carbocycles. The average Bonchev–Trinajstić information content (AvgIpc) is 3.23. The Bertz CT molecular complexity index is 1080. The van der Waals surface area contributed by atoms with Crippen LogP contribution >= 0.6 is 23.5 Å². The molecule has 2 aromatic carbocycles. The van der Waals surface area contributed by atoms with E-state index in [2.05, 4.69) is 39.5 Å². The van der Waals surface area contributed by atoms with Gasteiger partial charge in [0.25, 0.3) is 0 Å². The van der Waals surface area contributed by atoms with Crippen molar-refractivity contribution in [3.63, 3.8) is 0 Å². The van der Waals surface area contributed by atoms with E-state index in [4.69, 9.17) is 4.74 Å². The molecule has 1 unspecified atom stereocenters. The number of para-hydroxylation sites is 1. The molecular weight excluding hydrogens is 442 g/mol. The minimum Gasteiger partial charge on any atom is -0.378 e. The predicted molar refractivity (Wildman–Crippen MR) is 131 cm³/mol. The Labute approximate surface area is 196 Å². The van der Waals surface area contributed by atoms with Crippen molar-refractivity contribution in [3.05, 3.63) is 54.1 Å². The highest BCUT2D eigenvalue weighted by atomic mass is 32.2. The summed E-state index contributed by atoms with van der Waals surface area (Å²) in [6, 6.07) is 16.1. The third-order valence-corrected chi connectivity index (χ3v) is 7.02. The molecule has 7 nitrogen and oxygen atoms in total. The summed E-state index contributed by atoms with van der Waals surface area (Å²) in [5.74, 6) is 0.713. The van der Waals surface area contributed by atoms with Crippen LogP contribution in [0.4, 0.5) is 11.6 Å². The molecule has 0 aliphatic carbocycles. The fourth-order valence-corrected chi connectivity index (χ4v) is 4.91. The maximum Gasteiger partial charge on any atom is 0.237 e. The molecule has 4 rings (SSSR count). The summed E-state index contributed by atoms with van der Waals surface area (Å²) in [5.41, 5.74) is 2.96. The number of hydrogen-bond acceptors (Lipinski definition) is 7. The van der Waals surface area contributed by atoms with E-state index in [0.29, 0.717) is 18.4 Å². The van der Waals surface area contributed by atoms with Crippen molar-refractivity contribution in [2.24, 2.45) is 0 Å². The third kappa shape index (κ3) is 5.11. The molecule has 1 aromatic heterocycles. The van der Waals surface area contributed by atoms with Crippen LogP contribution in [0.5, 0.6) is 0 Å². The van der Waals surface area contributed by atoms with Crippen LogP contribution in [0.15, 0.2) is 58.6 Å². The number of rotatable bonds is 7. The Kier molecular flexibility index (Phi) is 7.39. The molecule has 1 amide bonds. The van der Waals surface area contributed by atoms with E-state index in [0.717, 1.165) is 40.9 Å². The van der Waals surface area contributed by atoms with Crippen molar-refractivity contribution in [2.45, 2.75) is 29.1 Å². The Morgan fingerprint density at radius 3 is 2.66 bits per heavy atom. The summed E-state index contributed by atoms with van der Waals surface area (Å²) in [7, 11) is 0. The van der Waals surface area contributed by atoms with Crippen molar-refractivity contribution >= 4 is 41.1 Å². The number of benzene rings is 2. The molecule has 0 spiro atoms. The first-order valence-electron chi connectivity index (χ1n) is 10.5. The van der Waals surface area contributed by atoms with Crippen molar-refractivity contribution in [1.29, 1.82) is 0 Å². The summed E-state index contributed by atoms with van der Waals surface area (Å²) >= 11 is 3.02. The summed E-state index contributed by atoms with van der Waals surface area (Å²) in [6.07, 6.45) is 2.00. The standard InChI is InChI=1S/C23H27N5O2S2/c1-16-7-6-8-18(15-16)28-22(27-11-13-30-14-12-27)25-26-23(28)32-17(2)21(29)24-19-9-4-5-10-20(19)31-3/h4-10,15,17H,11-14H2,1-3H3,(H,24,29). The third-order valence-electron chi connectivity index (χ3n) is 5.19. The van der Waals surface area contributed by atoms with Gasteiger partial charge in [0.05, 0.1) is 29.8 Å². The zero-order valence-corrected chi connectivity index (χ0v) is 20.1. The van der Waals surface area contributed by atoms with Crippen LogP contribution in [-0.4, -0.2) is 58.5 Å². The first-order valence-corrected chi connectivity index (χ1v) is 12.6. The zero-order chi connectivity index (χ0) is 22.5. The van der Waals surface area contributed by atoms with Crippen LogP contribution in [0.3, 0.4) is 0 Å². The number of aryl methyl sites for hydroxylation is 1. The van der Waals surface area contributed by atoms with Gasteiger partial charge in [0.1, 0.15) is 0 Å². The van der Waals surface area contributed by atoms with Crippen LogP contribution in [0.2, 0.25) is 0 Å². The van der Waals surface area contributed by atoms with Crippen molar-refractivity contribution in [2.75, 3.05) is 42.8 Å². The monoisotopic (exact) mass is 469 g/mol. The quantitative estimate of drug-likeness (QED) is 0.519. The van der Waals surface area contributed by atoms with Crippen LogP contribution in [-0.2, 0) is 9.53 Å². The minimum absolute atomic E-state index is 0.0665. The second-order valence-corrected chi connectivity index (χ2v) is 9.66. The predicted octanol–water partition coefficient (Wildman–Crippen LogP) is 4.25. The highest BCUT2D eigenvalue weighted by Crippen LogP contribution is 2.31. The molecule has 1 saturated heterocycles. The van der Waals surface area contributed by atoms with Crippen LogP contribution in [0.25, 0.3) is 5.69 Å². The largest absolute Gasteiger partial charge is 0.378 e. The van der Waals surface area contributed by atoms with Gasteiger partial charge in [0.2, 0.25) is 11.9 Å². The van der Waals surface area contributed by atoms with Gasteiger partial charge in [-0.15, -0.1) is 22.0 Å². The lowest BCUT2D eigenvalue weighted by Crippen LogP contribution is -2.38. The normalized spacial score (nSPS) is 14.9. The van der Waals surface area contributed by atoms with Gasteiger partial charge in [-0.05, 0) is 49.9 Å². The van der Waals surface area contributed by atoms with E-state index in [-0.39, 0.29) is 11.2 Å². The number of thioether (sulfide) groups is 2. The SMILES string of the molecule is CSc1ccccc1NC(=O)C(C)Sc1nnc(N2CCOCC2)n1-c1cccc(C)c1. The smallest absolute Gasteiger partial charge is 0.237 e. The number of aromatic nitrogens is 3. The summed E-state index contributed by atoms with van der Waals surface area (Å²) < 4.78 is 7.55. The average molecular weight is 470 g/mol. The number of carbonyl (C=O) groups excluding carboxylic acids is 1. The molecule has 0 radical (unpaired) electrons. The van der Waals surface area contributed by atoms with E-state index in [1.165, 1.54) is 11.8 Å². The highest BCUT2D eigenvalue weighted by molar-refractivity contribution is 8.00. The lowest BCUT2D eigenvalue weighted by molar-refractivity contribution is -0.115. The number of anilines is 2. The van der Waals surface area contributed by atoms with Gasteiger partial charge in [0.15, 0.2) is 5.16 Å². The molecule has 1 aliphatic heterocycles. The van der Waals surface area contributed by atoms with Crippen LogP contribution in [0, 0.1) is 6.92 Å². The first-order chi connectivity index (χ1) is 15.6. The fraction of sp³-hybridized carbons (Fsp3) is 0.348. The summed E-state index contributed by atoms with van der Waals surface area (Å²) in [5, 5.41) is 12.4. The molecule has 1 aliphatic rings. The first kappa shape index (κ1) is 22.7. The van der Waals surface area contributed by atoms with Gasteiger partial charge in [-0.25, -0.2) is 0 Å². The molecule has 0 bridgehead atoms. The topological polar surface area (TPSA) is 72.3 Å². The van der Waals surface area contributed by atoms with Gasteiger partial charge in [-0.3, -0.25) is 9.36 Å². The molecule has 9 heteroatoms. The molecule has 168 valence electrons. The van der Waals surface area contributed by atoms with E-state index in [9.17, 15) is 4.79 Å². The van der Waals surface area contributed by atoms with Crippen LogP contribution in [0.1, 0.15) is 12.5 Å². The second kappa shape index (κ2) is 10.4. The van der Waals surface area contributed by atoms with E-state index in [1.807, 2.05) is 54.1 Å². The van der Waals surface area contributed by atoms with Gasteiger partial charge >= 0.3 is 0 Å². The number of hydrogen-bond donors (Lipinski definition) is 1. The van der Waals surface area contributed by atoms with Gasteiger partial charge in [-0.1, -0.05) is 36.0 Å².